The summed E-state index contributed by atoms with van der Waals surface area (Å²) >= 11 is 1.70. The smallest absolute Gasteiger partial charge is 0.238 e. The van der Waals surface area contributed by atoms with Gasteiger partial charge in [-0.15, -0.1) is 11.3 Å². The topological polar surface area (TPSA) is 55.6 Å². The second-order valence-electron chi connectivity index (χ2n) is 5.64. The van der Waals surface area contributed by atoms with Crippen LogP contribution in [-0.4, -0.2) is 19.5 Å². The highest BCUT2D eigenvalue weighted by Crippen LogP contribution is 2.34. The molecule has 6 heteroatoms. The summed E-state index contributed by atoms with van der Waals surface area (Å²) in [6, 6.07) is 10.3. The molecule has 0 aliphatic carbocycles. The predicted octanol–water partition coefficient (Wildman–Crippen LogP) is 4.11. The molecule has 0 fully saturated rings. The molecule has 1 aromatic carbocycles. The van der Waals surface area contributed by atoms with Gasteiger partial charge in [-0.2, -0.15) is 4.98 Å². The number of thiophene rings is 1. The van der Waals surface area contributed by atoms with E-state index in [4.69, 9.17) is 9.97 Å². The van der Waals surface area contributed by atoms with E-state index in [1.807, 2.05) is 29.0 Å². The van der Waals surface area contributed by atoms with Crippen LogP contribution in [0.15, 0.2) is 49.1 Å². The zero-order valence-electron chi connectivity index (χ0n) is 13.5. The molecule has 5 nitrogen and oxygen atoms in total. The fourth-order valence-corrected chi connectivity index (χ4v) is 3.67. The van der Waals surface area contributed by atoms with Crippen molar-refractivity contribution in [1.82, 2.24) is 19.5 Å². The summed E-state index contributed by atoms with van der Waals surface area (Å²) < 4.78 is 1.83. The van der Waals surface area contributed by atoms with E-state index in [1.165, 1.54) is 16.0 Å². The molecule has 4 aromatic rings. The Morgan fingerprint density at radius 2 is 1.96 bits per heavy atom. The Morgan fingerprint density at radius 3 is 2.71 bits per heavy atom. The summed E-state index contributed by atoms with van der Waals surface area (Å²) in [4.78, 5) is 15.8. The number of fused-ring (bicyclic) bond motifs is 1. The first-order valence-corrected chi connectivity index (χ1v) is 8.58. The normalized spacial score (nSPS) is 11.1. The fraction of sp³-hybridized carbons (Fsp3) is 0.167. The number of nitrogens with zero attached hydrogens (tertiary/aromatic N) is 4. The van der Waals surface area contributed by atoms with Crippen molar-refractivity contribution in [2.75, 3.05) is 5.32 Å². The van der Waals surface area contributed by atoms with E-state index in [2.05, 4.69) is 36.3 Å². The Bertz CT molecular complexity index is 974. The largest absolute Gasteiger partial charge is 0.365 e. The number of anilines is 1. The lowest BCUT2D eigenvalue weighted by Crippen LogP contribution is -2.06. The van der Waals surface area contributed by atoms with Crippen LogP contribution >= 0.6 is 11.3 Å². The van der Waals surface area contributed by atoms with Crippen LogP contribution < -0.4 is 5.32 Å². The van der Waals surface area contributed by atoms with Gasteiger partial charge in [-0.3, -0.25) is 4.57 Å². The Balaban J connectivity index is 1.79. The molecule has 120 valence electrons. The zero-order valence-corrected chi connectivity index (χ0v) is 14.3. The van der Waals surface area contributed by atoms with Crippen LogP contribution in [-0.2, 0) is 6.54 Å². The van der Waals surface area contributed by atoms with Crippen molar-refractivity contribution in [1.29, 1.82) is 0 Å². The minimum absolute atomic E-state index is 0.636. The van der Waals surface area contributed by atoms with Crippen molar-refractivity contribution in [2.24, 2.45) is 0 Å². The van der Waals surface area contributed by atoms with Gasteiger partial charge in [0.25, 0.3) is 0 Å². The molecule has 0 aliphatic rings. The highest BCUT2D eigenvalue weighted by molar-refractivity contribution is 7.18. The Hall–Kier alpha value is -2.73. The average Bonchev–Trinajstić information content (AvgIpc) is 3.23. The molecule has 0 radical (unpaired) electrons. The van der Waals surface area contributed by atoms with Crippen LogP contribution in [0.3, 0.4) is 0 Å². The van der Waals surface area contributed by atoms with Crippen LogP contribution in [0.25, 0.3) is 16.2 Å². The van der Waals surface area contributed by atoms with Gasteiger partial charge in [-0.05, 0) is 25.0 Å². The minimum atomic E-state index is 0.636. The molecule has 0 bridgehead atoms. The molecule has 4 rings (SSSR count). The van der Waals surface area contributed by atoms with Crippen molar-refractivity contribution in [3.63, 3.8) is 0 Å². The van der Waals surface area contributed by atoms with Crippen LogP contribution in [0.2, 0.25) is 0 Å². The number of benzene rings is 1. The third kappa shape index (κ3) is 2.65. The third-order valence-electron chi connectivity index (χ3n) is 4.06. The van der Waals surface area contributed by atoms with Crippen LogP contribution in [0.1, 0.15) is 16.0 Å². The van der Waals surface area contributed by atoms with Crippen LogP contribution in [0, 0.1) is 13.8 Å². The van der Waals surface area contributed by atoms with E-state index in [0.717, 1.165) is 22.6 Å². The SMILES string of the molecule is Cc1sc2nc(-n3ccnc3)nc(NCc3ccccc3)c2c1C. The van der Waals surface area contributed by atoms with E-state index >= 15 is 0 Å². The summed E-state index contributed by atoms with van der Waals surface area (Å²) in [5.74, 6) is 1.51. The molecule has 0 amide bonds. The Labute approximate surface area is 144 Å². The molecule has 0 spiro atoms. The first-order chi connectivity index (χ1) is 11.7. The van der Waals surface area contributed by atoms with Gasteiger partial charge in [0.15, 0.2) is 0 Å². The Morgan fingerprint density at radius 1 is 1.12 bits per heavy atom. The van der Waals surface area contributed by atoms with Gasteiger partial charge in [0.05, 0.1) is 5.39 Å². The number of imidazole rings is 1. The van der Waals surface area contributed by atoms with Gasteiger partial charge >= 0.3 is 0 Å². The summed E-state index contributed by atoms with van der Waals surface area (Å²) in [5.41, 5.74) is 2.46. The molecular formula is C18H17N5S. The second kappa shape index (κ2) is 6.05. The number of hydrogen-bond acceptors (Lipinski definition) is 5. The first-order valence-electron chi connectivity index (χ1n) is 7.76. The lowest BCUT2D eigenvalue weighted by atomic mass is 10.2. The van der Waals surface area contributed by atoms with E-state index in [1.54, 1.807) is 23.9 Å². The van der Waals surface area contributed by atoms with Crippen molar-refractivity contribution in [3.8, 4) is 5.95 Å². The van der Waals surface area contributed by atoms with Gasteiger partial charge < -0.3 is 5.32 Å². The maximum atomic E-state index is 4.74. The van der Waals surface area contributed by atoms with Crippen LogP contribution in [0.4, 0.5) is 5.82 Å². The van der Waals surface area contributed by atoms with Crippen molar-refractivity contribution >= 4 is 27.4 Å². The fourth-order valence-electron chi connectivity index (χ4n) is 2.64. The second-order valence-corrected chi connectivity index (χ2v) is 6.85. The standard InChI is InChI=1S/C18H17N5S/c1-12-13(2)24-17-15(12)16(20-10-14-6-4-3-5-7-14)21-18(22-17)23-9-8-19-11-23/h3-9,11H,10H2,1-2H3,(H,20,21,22). The number of hydrogen-bond donors (Lipinski definition) is 1. The van der Waals surface area contributed by atoms with Gasteiger partial charge in [0, 0.05) is 23.8 Å². The summed E-state index contributed by atoms with van der Waals surface area (Å²) in [6.07, 6.45) is 5.31. The van der Waals surface area contributed by atoms with E-state index < -0.39 is 0 Å². The molecule has 0 unspecified atom stereocenters. The van der Waals surface area contributed by atoms with Crippen molar-refractivity contribution in [3.05, 3.63) is 65.1 Å². The van der Waals surface area contributed by atoms with E-state index in [9.17, 15) is 0 Å². The Kier molecular flexibility index (Phi) is 3.74. The monoisotopic (exact) mass is 335 g/mol. The first kappa shape index (κ1) is 14.8. The molecule has 24 heavy (non-hydrogen) atoms. The lowest BCUT2D eigenvalue weighted by molar-refractivity contribution is 0.938. The van der Waals surface area contributed by atoms with Crippen molar-refractivity contribution < 1.29 is 0 Å². The van der Waals surface area contributed by atoms with E-state index in [-0.39, 0.29) is 0 Å². The van der Waals surface area contributed by atoms with Gasteiger partial charge in [0.2, 0.25) is 5.95 Å². The minimum Gasteiger partial charge on any atom is -0.365 e. The quantitative estimate of drug-likeness (QED) is 0.610. The molecule has 0 aliphatic heterocycles. The summed E-state index contributed by atoms with van der Waals surface area (Å²) in [7, 11) is 0. The summed E-state index contributed by atoms with van der Waals surface area (Å²) in [5, 5.41) is 4.59. The molecule has 3 aromatic heterocycles. The lowest BCUT2D eigenvalue weighted by Gasteiger charge is -2.10. The molecule has 0 saturated heterocycles. The molecule has 0 atom stereocenters. The van der Waals surface area contributed by atoms with Gasteiger partial charge in [0.1, 0.15) is 17.0 Å². The number of aromatic nitrogens is 4. The zero-order chi connectivity index (χ0) is 16.5. The average molecular weight is 335 g/mol. The number of aryl methyl sites for hydroxylation is 2. The maximum Gasteiger partial charge on any atom is 0.238 e. The van der Waals surface area contributed by atoms with Crippen LogP contribution in [0.5, 0.6) is 0 Å². The highest BCUT2D eigenvalue weighted by Gasteiger charge is 2.15. The number of nitrogens with one attached hydrogen (secondary N) is 1. The van der Waals surface area contributed by atoms with E-state index in [0.29, 0.717) is 5.95 Å². The molecular weight excluding hydrogens is 318 g/mol. The summed E-state index contributed by atoms with van der Waals surface area (Å²) in [6.45, 7) is 4.98. The predicted molar refractivity (Wildman–Crippen MR) is 97.8 cm³/mol. The molecule has 0 saturated carbocycles. The third-order valence-corrected chi connectivity index (χ3v) is 5.16. The van der Waals surface area contributed by atoms with Gasteiger partial charge in [-0.1, -0.05) is 30.3 Å². The highest BCUT2D eigenvalue weighted by atomic mass is 32.1. The van der Waals surface area contributed by atoms with Crippen molar-refractivity contribution in [2.45, 2.75) is 20.4 Å². The molecule has 3 heterocycles. The van der Waals surface area contributed by atoms with Gasteiger partial charge in [-0.25, -0.2) is 9.97 Å². The maximum absolute atomic E-state index is 4.74. The molecule has 1 N–H and O–H groups in total. The number of rotatable bonds is 4.